The fourth-order valence-electron chi connectivity index (χ4n) is 2.78. The number of nitriles is 1. The molecule has 0 aliphatic rings. The predicted molar refractivity (Wildman–Crippen MR) is 101 cm³/mol. The molecule has 0 saturated heterocycles. The third-order valence-electron chi connectivity index (χ3n) is 4.20. The Morgan fingerprint density at radius 3 is 1.48 bits per heavy atom. The van der Waals surface area contributed by atoms with Gasteiger partial charge in [-0.25, -0.2) is 0 Å². The van der Waals surface area contributed by atoms with E-state index in [1.807, 2.05) is 0 Å². The molecule has 0 bridgehead atoms. The summed E-state index contributed by atoms with van der Waals surface area (Å²) in [5.74, 6) is -0.141. The van der Waals surface area contributed by atoms with Gasteiger partial charge in [0, 0.05) is 6.42 Å². The number of nitrogens with zero attached hydrogens (tertiary/aromatic N) is 1. The van der Waals surface area contributed by atoms with Crippen LogP contribution in [0.2, 0.25) is 0 Å². The summed E-state index contributed by atoms with van der Waals surface area (Å²) >= 11 is 0. The maximum absolute atomic E-state index is 11.0. The van der Waals surface area contributed by atoms with Crippen LogP contribution in [0.15, 0.2) is 0 Å². The van der Waals surface area contributed by atoms with E-state index in [2.05, 4.69) is 12.2 Å². The largest absolute Gasteiger partial charge is 2.00 e. The van der Waals surface area contributed by atoms with E-state index in [4.69, 9.17) is 5.26 Å². The molecule has 4 heteroatoms. The van der Waals surface area contributed by atoms with E-state index in [0.29, 0.717) is 6.42 Å². The van der Waals surface area contributed by atoms with Crippen LogP contribution in [0, 0.1) is 11.5 Å². The summed E-state index contributed by atoms with van der Waals surface area (Å²) < 4.78 is 0. The second-order valence-corrected chi connectivity index (χ2v) is 6.36. The van der Waals surface area contributed by atoms with Crippen LogP contribution in [0.1, 0.15) is 113 Å². The van der Waals surface area contributed by atoms with Crippen molar-refractivity contribution < 1.29 is 7.65 Å². The summed E-state index contributed by atoms with van der Waals surface area (Å²) in [5.41, 5.74) is 0. The Balaban J connectivity index is -0.000000735. The van der Waals surface area contributed by atoms with Crippen LogP contribution >= 0.6 is 0 Å². The van der Waals surface area contributed by atoms with Crippen molar-refractivity contribution in [3.05, 3.63) is 0 Å². The molecule has 0 aromatic rings. The van der Waals surface area contributed by atoms with E-state index in [1.165, 1.54) is 83.5 Å². The van der Waals surface area contributed by atoms with Gasteiger partial charge in [0.15, 0.2) is 6.19 Å². The Kier molecular flexibility index (Phi) is 25.2. The van der Waals surface area contributed by atoms with E-state index < -0.39 is 0 Å². The van der Waals surface area contributed by atoms with Crippen molar-refractivity contribution in [3.8, 4) is 6.19 Å². The van der Waals surface area contributed by atoms with Gasteiger partial charge in [-0.1, -0.05) is 96.8 Å². The summed E-state index contributed by atoms with van der Waals surface area (Å²) in [6, 6.07) is 0. The summed E-state index contributed by atoms with van der Waals surface area (Å²) in [6.45, 7) is 2.27. The van der Waals surface area contributed by atoms with Crippen molar-refractivity contribution in [2.24, 2.45) is 0 Å². The molecule has 0 unspecified atom stereocenters. The molecule has 3 nitrogen and oxygen atoms in total. The predicted octanol–water partition coefficient (Wildman–Crippen LogP) is 5.69. The first-order valence-corrected chi connectivity index (χ1v) is 9.49. The van der Waals surface area contributed by atoms with Crippen LogP contribution < -0.4 is 5.32 Å². The van der Waals surface area contributed by atoms with Gasteiger partial charge in [-0.3, -0.25) is 10.1 Å². The summed E-state index contributed by atoms with van der Waals surface area (Å²) in [6.07, 6.45) is 22.1. The molecule has 1 amide bonds. The Morgan fingerprint density at radius 1 is 0.783 bits per heavy atom. The smallest absolute Gasteiger partial charge is 1.00 e. The molecule has 0 aliphatic carbocycles. The van der Waals surface area contributed by atoms with Gasteiger partial charge < -0.3 is 2.85 Å². The van der Waals surface area contributed by atoms with E-state index in [1.54, 1.807) is 6.19 Å². The van der Waals surface area contributed by atoms with Gasteiger partial charge in [-0.2, -0.15) is 5.26 Å². The molecule has 0 aromatic heterocycles. The molecule has 0 aromatic carbocycles. The minimum atomic E-state index is -0.141. The van der Waals surface area contributed by atoms with Crippen molar-refractivity contribution in [1.82, 2.24) is 5.32 Å². The fraction of sp³-hybridized carbons (Fsp3) is 0.895. The molecular weight excluding hydrogens is 410 g/mol. The first-order chi connectivity index (χ1) is 10.8. The number of nitrogens with one attached hydrogen (secondary N) is 1. The topological polar surface area (TPSA) is 52.9 Å². The molecule has 0 atom stereocenters. The molecular formula is C19H38BaN2O. The van der Waals surface area contributed by atoms with Crippen LogP contribution in [0.25, 0.3) is 0 Å². The molecule has 0 rings (SSSR count). The van der Waals surface area contributed by atoms with Gasteiger partial charge in [0.2, 0.25) is 5.91 Å². The van der Waals surface area contributed by atoms with Gasteiger partial charge in [0.25, 0.3) is 0 Å². The number of hydrogen-bond donors (Lipinski definition) is 1. The first-order valence-electron chi connectivity index (χ1n) is 9.49. The Labute approximate surface area is 187 Å². The zero-order valence-electron chi connectivity index (χ0n) is 17.4. The molecule has 0 radical (unpaired) electrons. The average Bonchev–Trinajstić information content (AvgIpc) is 2.51. The van der Waals surface area contributed by atoms with E-state index in [9.17, 15) is 4.79 Å². The average molecular weight is 448 g/mol. The third kappa shape index (κ3) is 22.5. The van der Waals surface area contributed by atoms with Crippen LogP contribution in [0.3, 0.4) is 0 Å². The monoisotopic (exact) mass is 448 g/mol. The van der Waals surface area contributed by atoms with Crippen molar-refractivity contribution in [3.63, 3.8) is 0 Å². The van der Waals surface area contributed by atoms with Gasteiger partial charge in [-0.05, 0) is 6.42 Å². The van der Waals surface area contributed by atoms with E-state index in [0.717, 1.165) is 12.8 Å². The molecule has 0 spiro atoms. The van der Waals surface area contributed by atoms with Crippen molar-refractivity contribution in [2.75, 3.05) is 0 Å². The maximum atomic E-state index is 11.0. The Hall–Kier alpha value is 0.531. The standard InChI is InChI=1S/C19H36N2O.Ba.2H/c1-2-3-4-5-6-7-8-9-10-11-12-13-14-15-16-17-19(22)21-18-20;;;/h2-17H2,1H3,(H,21,22);;;/q;+2;2*-1. The Bertz CT molecular complexity index is 300. The van der Waals surface area contributed by atoms with Gasteiger partial charge in [-0.15, -0.1) is 0 Å². The number of hydrogen-bond acceptors (Lipinski definition) is 2. The zero-order valence-corrected chi connectivity index (χ0v) is 19.8. The first kappa shape index (κ1) is 25.8. The minimum Gasteiger partial charge on any atom is -1.00 e. The summed E-state index contributed by atoms with van der Waals surface area (Å²) in [4.78, 5) is 11.0. The van der Waals surface area contributed by atoms with Crippen LogP contribution in [0.5, 0.6) is 0 Å². The summed E-state index contributed by atoms with van der Waals surface area (Å²) in [7, 11) is 0. The number of rotatable bonds is 16. The van der Waals surface area contributed by atoms with Gasteiger partial charge in [0.05, 0.1) is 0 Å². The van der Waals surface area contributed by atoms with Crippen LogP contribution in [-0.4, -0.2) is 54.8 Å². The third-order valence-corrected chi connectivity index (χ3v) is 4.20. The summed E-state index contributed by atoms with van der Waals surface area (Å²) in [5, 5.41) is 10.4. The number of amides is 1. The quantitative estimate of drug-likeness (QED) is 0.143. The van der Waals surface area contributed by atoms with Crippen molar-refractivity contribution >= 4 is 54.8 Å². The molecule has 23 heavy (non-hydrogen) atoms. The maximum Gasteiger partial charge on any atom is 2.00 e. The van der Waals surface area contributed by atoms with Crippen molar-refractivity contribution in [2.45, 2.75) is 110 Å². The van der Waals surface area contributed by atoms with Gasteiger partial charge >= 0.3 is 48.9 Å². The van der Waals surface area contributed by atoms with Gasteiger partial charge in [0.1, 0.15) is 0 Å². The normalized spacial score (nSPS) is 9.91. The molecule has 0 saturated carbocycles. The number of carbonyl (C=O) groups is 1. The number of carbonyl (C=O) groups excluding carboxylic acids is 1. The zero-order chi connectivity index (χ0) is 16.3. The number of unbranched alkanes of at least 4 members (excludes halogenated alkanes) is 14. The van der Waals surface area contributed by atoms with Crippen LogP contribution in [0.4, 0.5) is 0 Å². The molecule has 0 aliphatic heterocycles. The Morgan fingerprint density at radius 2 is 1.13 bits per heavy atom. The SMILES string of the molecule is CCCCCCCCCCCCCCCCCC(=O)NC#N.[Ba+2].[H-].[H-]. The second kappa shape index (κ2) is 22.5. The molecule has 1 N–H and O–H groups in total. The fourth-order valence-corrected chi connectivity index (χ4v) is 2.78. The minimum absolute atomic E-state index is 0. The van der Waals surface area contributed by atoms with Crippen LogP contribution in [-0.2, 0) is 4.79 Å². The van der Waals surface area contributed by atoms with E-state index >= 15 is 0 Å². The molecule has 0 fully saturated rings. The van der Waals surface area contributed by atoms with Crippen molar-refractivity contribution in [1.29, 1.82) is 5.26 Å². The second-order valence-electron chi connectivity index (χ2n) is 6.36. The van der Waals surface area contributed by atoms with E-state index in [-0.39, 0.29) is 57.6 Å². The molecule has 0 heterocycles. The molecule has 132 valence electrons.